The Balaban J connectivity index is 1.69. The third-order valence-corrected chi connectivity index (χ3v) is 5.12. The number of oxazole rings is 1. The van der Waals surface area contributed by atoms with E-state index in [1.54, 1.807) is 6.26 Å². The van der Waals surface area contributed by atoms with Gasteiger partial charge < -0.3 is 20.4 Å². The van der Waals surface area contributed by atoms with Crippen LogP contribution in [0.15, 0.2) is 59.2 Å². The summed E-state index contributed by atoms with van der Waals surface area (Å²) in [5, 5.41) is 18.6. The van der Waals surface area contributed by atoms with E-state index >= 15 is 0 Å². The van der Waals surface area contributed by atoms with Gasteiger partial charge >= 0.3 is 0 Å². The first-order valence-electron chi connectivity index (χ1n) is 9.60. The second kappa shape index (κ2) is 8.69. The molecular weight excluding hydrogens is 352 g/mol. The van der Waals surface area contributed by atoms with E-state index in [9.17, 15) is 10.2 Å². The van der Waals surface area contributed by atoms with Gasteiger partial charge in [0.1, 0.15) is 12.0 Å². The molecule has 0 unspecified atom stereocenters. The monoisotopic (exact) mass is 380 g/mol. The number of aryl methyl sites for hydroxylation is 1. The summed E-state index contributed by atoms with van der Waals surface area (Å²) in [7, 11) is 0. The molecule has 2 aromatic carbocycles. The topological polar surface area (TPSA) is 92.5 Å². The first-order valence-corrected chi connectivity index (χ1v) is 9.60. The summed E-state index contributed by atoms with van der Waals surface area (Å²) in [6.45, 7) is 3.87. The van der Waals surface area contributed by atoms with Gasteiger partial charge in [-0.2, -0.15) is 0 Å². The van der Waals surface area contributed by atoms with Crippen LogP contribution in [0.3, 0.4) is 0 Å². The van der Waals surface area contributed by atoms with Crippen molar-refractivity contribution >= 4 is 0 Å². The Hall–Kier alpha value is -2.47. The van der Waals surface area contributed by atoms with Gasteiger partial charge in [-0.25, -0.2) is 4.98 Å². The minimum Gasteiger partial charge on any atom is -0.444 e. The van der Waals surface area contributed by atoms with Crippen LogP contribution in [0.25, 0.3) is 22.7 Å². The van der Waals surface area contributed by atoms with Crippen molar-refractivity contribution in [2.45, 2.75) is 38.1 Å². The second-order valence-corrected chi connectivity index (χ2v) is 7.69. The molecule has 28 heavy (non-hydrogen) atoms. The van der Waals surface area contributed by atoms with Crippen LogP contribution in [0.5, 0.6) is 0 Å². The van der Waals surface area contributed by atoms with Crippen LogP contribution in [-0.4, -0.2) is 33.9 Å². The number of aliphatic hydroxyl groups is 2. The summed E-state index contributed by atoms with van der Waals surface area (Å²) in [5.74, 6) is 1.10. The van der Waals surface area contributed by atoms with Gasteiger partial charge in [0.25, 0.3) is 0 Å². The number of nitrogens with two attached hydrogens (primary N) is 1. The fraction of sp³-hybridized carbons (Fsp3) is 0.348. The molecule has 0 amide bonds. The standard InChI is InChI=1S/C23H28N2O3/c1-16(2)18-7-9-20(10-8-18)22-25-21(13-28-22)19-5-3-17(4-6-19)11-12-23(24,14-26)15-27/h3-10,13,16,26-27H,11-12,14-15,24H2,1-2H3. The van der Waals surface area contributed by atoms with E-state index in [1.807, 2.05) is 36.4 Å². The van der Waals surface area contributed by atoms with E-state index in [1.165, 1.54) is 5.56 Å². The lowest BCUT2D eigenvalue weighted by molar-refractivity contribution is 0.115. The van der Waals surface area contributed by atoms with Crippen LogP contribution in [0.4, 0.5) is 0 Å². The van der Waals surface area contributed by atoms with Crippen molar-refractivity contribution in [1.82, 2.24) is 4.98 Å². The Morgan fingerprint density at radius 2 is 1.57 bits per heavy atom. The molecule has 0 aliphatic rings. The minimum atomic E-state index is -0.940. The Labute approximate surface area is 165 Å². The number of hydrogen-bond donors (Lipinski definition) is 3. The summed E-state index contributed by atoms with van der Waals surface area (Å²) in [5.41, 5.74) is 10.1. The lowest BCUT2D eigenvalue weighted by Gasteiger charge is -2.24. The van der Waals surface area contributed by atoms with Crippen molar-refractivity contribution in [3.63, 3.8) is 0 Å². The Bertz CT molecular complexity index is 879. The molecule has 148 valence electrons. The molecule has 0 radical (unpaired) electrons. The van der Waals surface area contributed by atoms with E-state index in [0.717, 1.165) is 22.4 Å². The molecule has 3 aromatic rings. The van der Waals surface area contributed by atoms with Crippen LogP contribution in [0.1, 0.15) is 37.3 Å². The van der Waals surface area contributed by atoms with Crippen LogP contribution >= 0.6 is 0 Å². The lowest BCUT2D eigenvalue weighted by atomic mass is 9.93. The maximum absolute atomic E-state index is 9.29. The van der Waals surface area contributed by atoms with Crippen LogP contribution in [0.2, 0.25) is 0 Å². The summed E-state index contributed by atoms with van der Waals surface area (Å²) < 4.78 is 5.67. The molecule has 1 heterocycles. The smallest absolute Gasteiger partial charge is 0.226 e. The summed E-state index contributed by atoms with van der Waals surface area (Å²) in [6.07, 6.45) is 2.87. The summed E-state index contributed by atoms with van der Waals surface area (Å²) in [6, 6.07) is 16.3. The Morgan fingerprint density at radius 3 is 2.14 bits per heavy atom. The molecule has 0 bridgehead atoms. The molecule has 5 heteroatoms. The van der Waals surface area contributed by atoms with Gasteiger partial charge in [0.05, 0.1) is 18.8 Å². The van der Waals surface area contributed by atoms with Crippen molar-refractivity contribution in [3.8, 4) is 22.7 Å². The molecule has 0 atom stereocenters. The normalized spacial score (nSPS) is 11.9. The number of aromatic nitrogens is 1. The Morgan fingerprint density at radius 1 is 0.964 bits per heavy atom. The highest BCUT2D eigenvalue weighted by Gasteiger charge is 2.22. The van der Waals surface area contributed by atoms with Gasteiger partial charge in [-0.05, 0) is 42.0 Å². The van der Waals surface area contributed by atoms with E-state index in [2.05, 4.69) is 31.0 Å². The molecule has 5 nitrogen and oxygen atoms in total. The zero-order valence-electron chi connectivity index (χ0n) is 16.4. The maximum Gasteiger partial charge on any atom is 0.226 e. The zero-order chi connectivity index (χ0) is 20.1. The molecule has 0 aliphatic heterocycles. The van der Waals surface area contributed by atoms with Crippen LogP contribution < -0.4 is 5.73 Å². The van der Waals surface area contributed by atoms with Gasteiger partial charge in [-0.3, -0.25) is 0 Å². The molecule has 0 saturated heterocycles. The molecule has 0 fully saturated rings. The van der Waals surface area contributed by atoms with E-state index in [0.29, 0.717) is 24.7 Å². The first kappa shape index (κ1) is 20.3. The van der Waals surface area contributed by atoms with E-state index < -0.39 is 5.54 Å². The molecule has 0 spiro atoms. The highest BCUT2D eigenvalue weighted by Crippen LogP contribution is 2.26. The number of hydrogen-bond acceptors (Lipinski definition) is 5. The van der Waals surface area contributed by atoms with Gasteiger partial charge in [-0.15, -0.1) is 0 Å². The van der Waals surface area contributed by atoms with E-state index in [4.69, 9.17) is 10.2 Å². The Kier molecular flexibility index (Phi) is 6.29. The van der Waals surface area contributed by atoms with Crippen LogP contribution in [0, 0.1) is 0 Å². The molecule has 0 aliphatic carbocycles. The second-order valence-electron chi connectivity index (χ2n) is 7.69. The zero-order valence-corrected chi connectivity index (χ0v) is 16.4. The first-order chi connectivity index (χ1) is 13.4. The SMILES string of the molecule is CC(C)c1ccc(-c2nc(-c3ccc(CCC(N)(CO)CO)cc3)co2)cc1. The molecule has 3 rings (SSSR count). The largest absolute Gasteiger partial charge is 0.444 e. The van der Waals surface area contributed by atoms with Gasteiger partial charge in [0, 0.05) is 11.1 Å². The van der Waals surface area contributed by atoms with Crippen molar-refractivity contribution in [2.24, 2.45) is 5.73 Å². The molecule has 1 aromatic heterocycles. The molecular formula is C23H28N2O3. The number of rotatable bonds is 8. The third kappa shape index (κ3) is 4.68. The van der Waals surface area contributed by atoms with Crippen molar-refractivity contribution in [1.29, 1.82) is 0 Å². The van der Waals surface area contributed by atoms with Gasteiger partial charge in [0.2, 0.25) is 5.89 Å². The fourth-order valence-corrected chi connectivity index (χ4v) is 2.99. The maximum atomic E-state index is 9.29. The van der Waals surface area contributed by atoms with Crippen molar-refractivity contribution in [2.75, 3.05) is 13.2 Å². The average molecular weight is 380 g/mol. The quantitative estimate of drug-likeness (QED) is 0.553. The fourth-order valence-electron chi connectivity index (χ4n) is 2.99. The van der Waals surface area contributed by atoms with Crippen molar-refractivity contribution < 1.29 is 14.6 Å². The van der Waals surface area contributed by atoms with Gasteiger partial charge in [-0.1, -0.05) is 50.2 Å². The van der Waals surface area contributed by atoms with Gasteiger partial charge in [0.15, 0.2) is 0 Å². The highest BCUT2D eigenvalue weighted by molar-refractivity contribution is 5.63. The number of nitrogens with zero attached hydrogens (tertiary/aromatic N) is 1. The van der Waals surface area contributed by atoms with Crippen molar-refractivity contribution in [3.05, 3.63) is 65.9 Å². The average Bonchev–Trinajstić information content (AvgIpc) is 3.23. The minimum absolute atomic E-state index is 0.235. The predicted octanol–water partition coefficient (Wildman–Crippen LogP) is 3.75. The highest BCUT2D eigenvalue weighted by atomic mass is 16.3. The van der Waals surface area contributed by atoms with Crippen LogP contribution in [-0.2, 0) is 6.42 Å². The van der Waals surface area contributed by atoms with E-state index in [-0.39, 0.29) is 13.2 Å². The summed E-state index contributed by atoms with van der Waals surface area (Å²) in [4.78, 5) is 4.61. The lowest BCUT2D eigenvalue weighted by Crippen LogP contribution is -2.47. The summed E-state index contributed by atoms with van der Waals surface area (Å²) >= 11 is 0. The predicted molar refractivity (Wildman–Crippen MR) is 111 cm³/mol. The number of aliphatic hydroxyl groups excluding tert-OH is 2. The molecule has 0 saturated carbocycles. The third-order valence-electron chi connectivity index (χ3n) is 5.12. The molecule has 4 N–H and O–H groups in total. The number of benzene rings is 2.